The van der Waals surface area contributed by atoms with Crippen LogP contribution in [0.15, 0.2) is 12.1 Å². The predicted molar refractivity (Wildman–Crippen MR) is 59.4 cm³/mol. The molecule has 0 N–H and O–H groups in total. The minimum Gasteiger partial charge on any atom is -0.212 e. The number of fused-ring (bicyclic) bond motifs is 1. The van der Waals surface area contributed by atoms with E-state index in [0.717, 1.165) is 17.9 Å². The van der Waals surface area contributed by atoms with Gasteiger partial charge in [-0.25, -0.2) is 9.50 Å². The molecule has 15 heavy (non-hydrogen) atoms. The number of rotatable bonds is 2. The Balaban J connectivity index is 2.20. The summed E-state index contributed by atoms with van der Waals surface area (Å²) in [4.78, 5) is 4.43. The molecule has 1 aliphatic carbocycles. The first-order valence-electron chi connectivity index (χ1n) is 5.33. The molecule has 0 bridgehead atoms. The summed E-state index contributed by atoms with van der Waals surface area (Å²) in [5.41, 5.74) is 2.18. The van der Waals surface area contributed by atoms with Gasteiger partial charge < -0.3 is 0 Å². The molecule has 4 heteroatoms. The van der Waals surface area contributed by atoms with E-state index in [0.29, 0.717) is 11.1 Å². The van der Waals surface area contributed by atoms with E-state index in [2.05, 4.69) is 16.1 Å². The van der Waals surface area contributed by atoms with Crippen LogP contribution in [0.3, 0.4) is 0 Å². The fourth-order valence-electron chi connectivity index (χ4n) is 1.81. The smallest absolute Gasteiger partial charge is 0.157 e. The third-order valence-corrected chi connectivity index (χ3v) is 3.09. The minimum atomic E-state index is 0.668. The first-order valence-corrected chi connectivity index (χ1v) is 5.71. The molecular weight excluding hydrogens is 210 g/mol. The highest BCUT2D eigenvalue weighted by Gasteiger charge is 2.24. The van der Waals surface area contributed by atoms with Crippen LogP contribution < -0.4 is 0 Å². The van der Waals surface area contributed by atoms with Crippen LogP contribution in [-0.2, 0) is 6.42 Å². The maximum absolute atomic E-state index is 6.16. The molecule has 1 saturated carbocycles. The third kappa shape index (κ3) is 1.51. The van der Waals surface area contributed by atoms with Crippen LogP contribution in [0.25, 0.3) is 5.65 Å². The van der Waals surface area contributed by atoms with Crippen molar-refractivity contribution in [3.63, 3.8) is 0 Å². The van der Waals surface area contributed by atoms with Gasteiger partial charge in [-0.3, -0.25) is 0 Å². The molecule has 0 aromatic carbocycles. The van der Waals surface area contributed by atoms with Crippen LogP contribution in [0.2, 0.25) is 5.15 Å². The second-order valence-electron chi connectivity index (χ2n) is 4.04. The van der Waals surface area contributed by atoms with Gasteiger partial charge in [0, 0.05) is 6.42 Å². The van der Waals surface area contributed by atoms with Crippen LogP contribution >= 0.6 is 11.6 Å². The lowest BCUT2D eigenvalue weighted by Gasteiger charge is -2.00. The van der Waals surface area contributed by atoms with Gasteiger partial charge in [0.15, 0.2) is 11.5 Å². The van der Waals surface area contributed by atoms with Gasteiger partial charge in [-0.1, -0.05) is 18.5 Å². The van der Waals surface area contributed by atoms with Crippen molar-refractivity contribution in [2.75, 3.05) is 0 Å². The van der Waals surface area contributed by atoms with Crippen LogP contribution in [0.5, 0.6) is 0 Å². The molecule has 0 amide bonds. The highest BCUT2D eigenvalue weighted by atomic mass is 35.5. The Morgan fingerprint density at radius 3 is 2.93 bits per heavy atom. The van der Waals surface area contributed by atoms with E-state index >= 15 is 0 Å². The lowest BCUT2D eigenvalue weighted by molar-refractivity contribution is 0.883. The zero-order valence-electron chi connectivity index (χ0n) is 8.57. The molecule has 0 atom stereocenters. The van der Waals surface area contributed by atoms with Gasteiger partial charge in [0.25, 0.3) is 0 Å². The highest BCUT2D eigenvalue weighted by Crippen LogP contribution is 2.41. The van der Waals surface area contributed by atoms with E-state index in [9.17, 15) is 0 Å². The molecule has 2 heterocycles. The molecule has 1 fully saturated rings. The normalized spacial score (nSPS) is 16.1. The Morgan fingerprint density at radius 1 is 1.47 bits per heavy atom. The number of aryl methyl sites for hydroxylation is 1. The van der Waals surface area contributed by atoms with E-state index in [1.165, 1.54) is 18.4 Å². The SMILES string of the molecule is CCc1nc2cc(C3CC3)cc(Cl)n2n1. The zero-order valence-corrected chi connectivity index (χ0v) is 9.33. The molecule has 3 rings (SSSR count). The summed E-state index contributed by atoms with van der Waals surface area (Å²) in [5, 5.41) is 4.99. The topological polar surface area (TPSA) is 30.2 Å². The van der Waals surface area contributed by atoms with Crippen molar-refractivity contribution in [3.05, 3.63) is 28.7 Å². The van der Waals surface area contributed by atoms with E-state index < -0.39 is 0 Å². The Labute approximate surface area is 93.1 Å². The molecule has 3 nitrogen and oxygen atoms in total. The van der Waals surface area contributed by atoms with Crippen molar-refractivity contribution in [3.8, 4) is 0 Å². The second-order valence-corrected chi connectivity index (χ2v) is 4.42. The van der Waals surface area contributed by atoms with Crippen LogP contribution in [0, 0.1) is 0 Å². The summed E-state index contributed by atoms with van der Waals surface area (Å²) < 4.78 is 1.71. The van der Waals surface area contributed by atoms with Crippen LogP contribution in [0.1, 0.15) is 37.1 Å². The first-order chi connectivity index (χ1) is 7.28. The number of aromatic nitrogens is 3. The average Bonchev–Trinajstić information content (AvgIpc) is 2.98. The van der Waals surface area contributed by atoms with Gasteiger partial charge in [-0.2, -0.15) is 0 Å². The van der Waals surface area contributed by atoms with Gasteiger partial charge in [-0.15, -0.1) is 5.10 Å². The largest absolute Gasteiger partial charge is 0.212 e. The standard InChI is InChI=1S/C11H12ClN3/c1-2-10-13-11-6-8(7-3-4-7)5-9(12)15(11)14-10/h5-7H,2-4H2,1H3. The van der Waals surface area contributed by atoms with Gasteiger partial charge in [0.2, 0.25) is 0 Å². The number of halogens is 1. The maximum Gasteiger partial charge on any atom is 0.157 e. The summed E-state index contributed by atoms with van der Waals surface area (Å²) in [7, 11) is 0. The zero-order chi connectivity index (χ0) is 10.4. The minimum absolute atomic E-state index is 0.668. The average molecular weight is 222 g/mol. The van der Waals surface area contributed by atoms with Crippen LogP contribution in [-0.4, -0.2) is 14.6 Å². The summed E-state index contributed by atoms with van der Waals surface area (Å²) in [6.07, 6.45) is 3.40. The number of pyridine rings is 1. The van der Waals surface area contributed by atoms with Crippen molar-refractivity contribution >= 4 is 17.2 Å². The van der Waals surface area contributed by atoms with Gasteiger partial charge >= 0.3 is 0 Å². The molecule has 0 saturated heterocycles. The van der Waals surface area contributed by atoms with E-state index in [1.807, 2.05) is 13.0 Å². The van der Waals surface area contributed by atoms with Gasteiger partial charge in [0.05, 0.1) is 0 Å². The molecule has 0 spiro atoms. The van der Waals surface area contributed by atoms with E-state index in [4.69, 9.17) is 11.6 Å². The Bertz CT molecular complexity index is 514. The third-order valence-electron chi connectivity index (χ3n) is 2.82. The molecule has 2 aromatic rings. The molecule has 0 radical (unpaired) electrons. The number of hydrogen-bond acceptors (Lipinski definition) is 2. The lowest BCUT2D eigenvalue weighted by atomic mass is 10.2. The van der Waals surface area contributed by atoms with E-state index in [1.54, 1.807) is 4.52 Å². The van der Waals surface area contributed by atoms with Crippen molar-refractivity contribution in [2.24, 2.45) is 0 Å². The van der Waals surface area contributed by atoms with Crippen LogP contribution in [0.4, 0.5) is 0 Å². The summed E-state index contributed by atoms with van der Waals surface area (Å²) in [6.45, 7) is 2.05. The Hall–Kier alpha value is -1.09. The highest BCUT2D eigenvalue weighted by molar-refractivity contribution is 6.29. The summed E-state index contributed by atoms with van der Waals surface area (Å²) in [6, 6.07) is 4.12. The van der Waals surface area contributed by atoms with Gasteiger partial charge in [0.1, 0.15) is 5.15 Å². The van der Waals surface area contributed by atoms with Crippen molar-refractivity contribution in [2.45, 2.75) is 32.1 Å². The molecule has 2 aromatic heterocycles. The first kappa shape index (κ1) is 9.16. The monoisotopic (exact) mass is 221 g/mol. The molecular formula is C11H12ClN3. The predicted octanol–water partition coefficient (Wildman–Crippen LogP) is 2.82. The quantitative estimate of drug-likeness (QED) is 0.730. The lowest BCUT2D eigenvalue weighted by Crippen LogP contribution is -1.92. The summed E-state index contributed by atoms with van der Waals surface area (Å²) in [5.74, 6) is 1.55. The number of nitrogens with zero attached hydrogens (tertiary/aromatic N) is 3. The molecule has 0 unspecified atom stereocenters. The molecule has 0 aliphatic heterocycles. The Morgan fingerprint density at radius 2 is 2.27 bits per heavy atom. The molecule has 1 aliphatic rings. The second kappa shape index (κ2) is 3.20. The van der Waals surface area contributed by atoms with Gasteiger partial charge in [-0.05, 0) is 36.5 Å². The molecule has 78 valence electrons. The fraction of sp³-hybridized carbons (Fsp3) is 0.455. The van der Waals surface area contributed by atoms with Crippen molar-refractivity contribution in [1.82, 2.24) is 14.6 Å². The van der Waals surface area contributed by atoms with Crippen molar-refractivity contribution < 1.29 is 0 Å². The maximum atomic E-state index is 6.16. The van der Waals surface area contributed by atoms with Crippen molar-refractivity contribution in [1.29, 1.82) is 0 Å². The van der Waals surface area contributed by atoms with E-state index in [-0.39, 0.29) is 0 Å². The summed E-state index contributed by atoms with van der Waals surface area (Å²) >= 11 is 6.16. The Kier molecular flexibility index (Phi) is 1.96. The fourth-order valence-corrected chi connectivity index (χ4v) is 2.06. The number of hydrogen-bond donors (Lipinski definition) is 0.